The van der Waals surface area contributed by atoms with Crippen LogP contribution in [-0.4, -0.2) is 4.98 Å². The van der Waals surface area contributed by atoms with Crippen LogP contribution in [0.15, 0.2) is 54.6 Å². The summed E-state index contributed by atoms with van der Waals surface area (Å²) in [6.45, 7) is 0. The molecule has 0 aliphatic rings. The van der Waals surface area contributed by atoms with Gasteiger partial charge < -0.3 is 0 Å². The van der Waals surface area contributed by atoms with Gasteiger partial charge in [-0.3, -0.25) is 0 Å². The van der Waals surface area contributed by atoms with Gasteiger partial charge in [0.05, 0.1) is 5.52 Å². The van der Waals surface area contributed by atoms with Gasteiger partial charge in [-0.25, -0.2) is 4.98 Å². The zero-order chi connectivity index (χ0) is 13.2. The second kappa shape index (κ2) is 5.20. The molecule has 19 heavy (non-hydrogen) atoms. The third kappa shape index (κ3) is 2.58. The van der Waals surface area contributed by atoms with Crippen LogP contribution in [0.25, 0.3) is 10.9 Å². The zero-order valence-corrected chi connectivity index (χ0v) is 11.6. The molecule has 3 aromatic rings. The molecule has 0 aliphatic carbocycles. The molecule has 0 N–H and O–H groups in total. The maximum absolute atomic E-state index is 6.25. The molecule has 0 fully saturated rings. The molecule has 2 aromatic carbocycles. The highest BCUT2D eigenvalue weighted by Crippen LogP contribution is 2.25. The van der Waals surface area contributed by atoms with Crippen LogP contribution < -0.4 is 0 Å². The Bertz CT molecular complexity index is 738. The molecule has 3 rings (SSSR count). The lowest BCUT2D eigenvalue weighted by molar-refractivity contribution is 1.17. The largest absolute Gasteiger partial charge is 0.236 e. The van der Waals surface area contributed by atoms with Gasteiger partial charge in [-0.05, 0) is 29.3 Å². The number of aromatic nitrogens is 1. The Balaban J connectivity index is 2.06. The molecular formula is C16H11Cl2N. The lowest BCUT2D eigenvalue weighted by Crippen LogP contribution is -1.93. The molecule has 0 unspecified atom stereocenters. The first-order valence-electron chi connectivity index (χ1n) is 6.01. The lowest BCUT2D eigenvalue weighted by atomic mass is 10.0. The van der Waals surface area contributed by atoms with E-state index in [9.17, 15) is 0 Å². The number of nitrogens with zero attached hydrogens (tertiary/aromatic N) is 1. The smallest absolute Gasteiger partial charge is 0.133 e. The number of hydrogen-bond donors (Lipinski definition) is 0. The second-order valence-corrected chi connectivity index (χ2v) is 5.16. The Kier molecular flexibility index (Phi) is 3.41. The summed E-state index contributed by atoms with van der Waals surface area (Å²) in [7, 11) is 0. The van der Waals surface area contributed by atoms with Crippen LogP contribution in [0.1, 0.15) is 11.1 Å². The van der Waals surface area contributed by atoms with Crippen molar-refractivity contribution in [3.63, 3.8) is 0 Å². The van der Waals surface area contributed by atoms with Crippen molar-refractivity contribution < 1.29 is 0 Å². The molecule has 0 bridgehead atoms. The molecule has 3 heteroatoms. The third-order valence-corrected chi connectivity index (χ3v) is 3.78. The van der Waals surface area contributed by atoms with E-state index in [2.05, 4.69) is 11.1 Å². The summed E-state index contributed by atoms with van der Waals surface area (Å²) in [6.07, 6.45) is 0.691. The first-order chi connectivity index (χ1) is 9.24. The van der Waals surface area contributed by atoms with Crippen molar-refractivity contribution in [3.8, 4) is 0 Å². The quantitative estimate of drug-likeness (QED) is 0.595. The lowest BCUT2D eigenvalue weighted by Gasteiger charge is -2.07. The Labute approximate surface area is 121 Å². The van der Waals surface area contributed by atoms with Gasteiger partial charge in [0.1, 0.15) is 5.15 Å². The fraction of sp³-hybridized carbons (Fsp3) is 0.0625. The van der Waals surface area contributed by atoms with Crippen LogP contribution in [0.4, 0.5) is 0 Å². The number of rotatable bonds is 2. The van der Waals surface area contributed by atoms with Gasteiger partial charge in [0.15, 0.2) is 0 Å². The van der Waals surface area contributed by atoms with Crippen molar-refractivity contribution in [1.29, 1.82) is 0 Å². The third-order valence-electron chi connectivity index (χ3n) is 3.09. The summed E-state index contributed by atoms with van der Waals surface area (Å²) in [5.41, 5.74) is 2.96. The minimum atomic E-state index is 0.540. The summed E-state index contributed by atoms with van der Waals surface area (Å²) >= 11 is 12.4. The van der Waals surface area contributed by atoms with Crippen molar-refractivity contribution >= 4 is 34.1 Å². The van der Waals surface area contributed by atoms with Gasteiger partial charge in [-0.2, -0.15) is 0 Å². The Morgan fingerprint density at radius 3 is 2.42 bits per heavy atom. The Morgan fingerprint density at radius 1 is 0.842 bits per heavy atom. The van der Waals surface area contributed by atoms with Gasteiger partial charge >= 0.3 is 0 Å². The highest BCUT2D eigenvalue weighted by atomic mass is 35.5. The van der Waals surface area contributed by atoms with E-state index in [1.807, 2.05) is 48.5 Å². The maximum Gasteiger partial charge on any atom is 0.133 e. The van der Waals surface area contributed by atoms with E-state index < -0.39 is 0 Å². The minimum Gasteiger partial charge on any atom is -0.236 e. The standard InChI is InChI=1S/C16H11Cl2N/c17-14-7-3-1-5-11(14)9-13-10-12-6-2-4-8-15(12)19-16(13)18/h1-8,10H,9H2. The van der Waals surface area contributed by atoms with Gasteiger partial charge in [0.2, 0.25) is 0 Å². The molecule has 94 valence electrons. The monoisotopic (exact) mass is 287 g/mol. The molecule has 0 spiro atoms. The number of hydrogen-bond acceptors (Lipinski definition) is 1. The summed E-state index contributed by atoms with van der Waals surface area (Å²) in [6, 6.07) is 17.8. The van der Waals surface area contributed by atoms with E-state index in [0.717, 1.165) is 27.1 Å². The fourth-order valence-corrected chi connectivity index (χ4v) is 2.52. The van der Waals surface area contributed by atoms with Gasteiger partial charge in [-0.15, -0.1) is 0 Å². The summed E-state index contributed by atoms with van der Waals surface area (Å²) in [5.74, 6) is 0. The van der Waals surface area contributed by atoms with Crippen molar-refractivity contribution in [1.82, 2.24) is 4.98 Å². The molecule has 1 aromatic heterocycles. The normalized spacial score (nSPS) is 10.8. The average molecular weight is 288 g/mol. The molecule has 0 amide bonds. The topological polar surface area (TPSA) is 12.9 Å². The number of para-hydroxylation sites is 1. The van der Waals surface area contributed by atoms with Crippen LogP contribution in [0.3, 0.4) is 0 Å². The second-order valence-electron chi connectivity index (χ2n) is 4.40. The maximum atomic E-state index is 6.25. The van der Waals surface area contributed by atoms with Gasteiger partial charge in [-0.1, -0.05) is 59.6 Å². The summed E-state index contributed by atoms with van der Waals surface area (Å²) in [4.78, 5) is 4.42. The van der Waals surface area contributed by atoms with Gasteiger partial charge in [0.25, 0.3) is 0 Å². The van der Waals surface area contributed by atoms with E-state index in [4.69, 9.17) is 23.2 Å². The van der Waals surface area contributed by atoms with E-state index in [-0.39, 0.29) is 0 Å². The molecular weight excluding hydrogens is 277 g/mol. The molecule has 0 saturated heterocycles. The van der Waals surface area contributed by atoms with Crippen LogP contribution in [-0.2, 0) is 6.42 Å². The van der Waals surface area contributed by atoms with Crippen molar-refractivity contribution in [3.05, 3.63) is 75.9 Å². The number of halogens is 2. The molecule has 0 aliphatic heterocycles. The van der Waals surface area contributed by atoms with Crippen LogP contribution in [0.5, 0.6) is 0 Å². The number of benzene rings is 2. The van der Waals surface area contributed by atoms with Crippen molar-refractivity contribution in [2.45, 2.75) is 6.42 Å². The SMILES string of the molecule is Clc1ccccc1Cc1cc2ccccc2nc1Cl. The molecule has 0 radical (unpaired) electrons. The van der Waals surface area contributed by atoms with Crippen LogP contribution in [0.2, 0.25) is 10.2 Å². The van der Waals surface area contributed by atoms with Crippen LogP contribution in [0, 0.1) is 0 Å². The summed E-state index contributed by atoms with van der Waals surface area (Å²) < 4.78 is 0. The van der Waals surface area contributed by atoms with Crippen molar-refractivity contribution in [2.24, 2.45) is 0 Å². The molecule has 0 atom stereocenters. The predicted molar refractivity (Wildman–Crippen MR) is 81.0 cm³/mol. The molecule has 1 heterocycles. The molecule has 0 saturated carbocycles. The fourth-order valence-electron chi connectivity index (χ4n) is 2.11. The molecule has 1 nitrogen and oxygen atoms in total. The Hall–Kier alpha value is -1.57. The minimum absolute atomic E-state index is 0.540. The first kappa shape index (κ1) is 12.5. The zero-order valence-electron chi connectivity index (χ0n) is 10.1. The highest BCUT2D eigenvalue weighted by Gasteiger charge is 2.07. The van der Waals surface area contributed by atoms with E-state index in [0.29, 0.717) is 11.6 Å². The van der Waals surface area contributed by atoms with Gasteiger partial charge in [0, 0.05) is 16.8 Å². The number of fused-ring (bicyclic) bond motifs is 1. The average Bonchev–Trinajstić information content (AvgIpc) is 2.42. The predicted octanol–water partition coefficient (Wildman–Crippen LogP) is 5.13. The van der Waals surface area contributed by atoms with E-state index in [1.165, 1.54) is 0 Å². The van der Waals surface area contributed by atoms with Crippen LogP contribution >= 0.6 is 23.2 Å². The summed E-state index contributed by atoms with van der Waals surface area (Å²) in [5, 5.41) is 2.39. The van der Waals surface area contributed by atoms with E-state index in [1.54, 1.807) is 0 Å². The first-order valence-corrected chi connectivity index (χ1v) is 6.77. The number of pyridine rings is 1. The Morgan fingerprint density at radius 2 is 1.58 bits per heavy atom. The van der Waals surface area contributed by atoms with Crippen molar-refractivity contribution in [2.75, 3.05) is 0 Å². The highest BCUT2D eigenvalue weighted by molar-refractivity contribution is 6.32. The van der Waals surface area contributed by atoms with E-state index >= 15 is 0 Å².